The van der Waals surface area contributed by atoms with Crippen LogP contribution in [0, 0.1) is 15.9 Å². The average Bonchev–Trinajstić information content (AvgIpc) is 2.41. The molecule has 0 radical (unpaired) electrons. The van der Waals surface area contributed by atoms with Gasteiger partial charge in [-0.05, 0) is 24.3 Å². The molecule has 0 amide bonds. The van der Waals surface area contributed by atoms with Gasteiger partial charge in [0.25, 0.3) is 5.69 Å². The Hall–Kier alpha value is -1.99. The summed E-state index contributed by atoms with van der Waals surface area (Å²) in [6, 6.07) is 7.20. The molecule has 0 unspecified atom stereocenters. The van der Waals surface area contributed by atoms with Crippen LogP contribution in [-0.2, 0) is 0 Å². The van der Waals surface area contributed by atoms with Crippen molar-refractivity contribution < 1.29 is 18.8 Å². The number of non-ortho nitro benzene ring substituents is 1. The quantitative estimate of drug-likeness (QED) is 0.346. The number of carbonyl (C=O) groups is 1. The Morgan fingerprint density at radius 2 is 2.00 bits per heavy atom. The maximum absolute atomic E-state index is 13.6. The molecule has 2 rings (SSSR count). The second kappa shape index (κ2) is 6.19. The predicted molar refractivity (Wildman–Crippen MR) is 77.2 cm³/mol. The first-order valence-corrected chi connectivity index (χ1v) is 6.67. The largest absolute Gasteiger partial charge is 0.420 e. The lowest BCUT2D eigenvalue weighted by Crippen LogP contribution is -2.10. The lowest BCUT2D eigenvalue weighted by Gasteiger charge is -2.07. The number of hydrogen-bond acceptors (Lipinski definition) is 4. The minimum atomic E-state index is -0.906. The lowest BCUT2D eigenvalue weighted by molar-refractivity contribution is -0.384. The van der Waals surface area contributed by atoms with Crippen LogP contribution < -0.4 is 4.74 Å². The van der Waals surface area contributed by atoms with Gasteiger partial charge in [-0.3, -0.25) is 10.1 Å². The van der Waals surface area contributed by atoms with Crippen molar-refractivity contribution in [2.24, 2.45) is 0 Å². The van der Waals surface area contributed by atoms with Crippen LogP contribution in [-0.4, -0.2) is 10.9 Å². The third-order valence-electron chi connectivity index (χ3n) is 2.48. The smallest absolute Gasteiger partial charge is 0.345 e. The molecule has 0 bridgehead atoms. The fraction of sp³-hybridized carbons (Fsp3) is 0. The van der Waals surface area contributed by atoms with Crippen molar-refractivity contribution in [3.8, 4) is 5.75 Å². The summed E-state index contributed by atoms with van der Waals surface area (Å²) in [4.78, 5) is 21.8. The number of carbonyl (C=O) groups excluding carboxylic acids is 1. The van der Waals surface area contributed by atoms with E-state index in [1.165, 1.54) is 12.1 Å². The summed E-state index contributed by atoms with van der Waals surface area (Å²) in [7, 11) is 0. The highest BCUT2D eigenvalue weighted by molar-refractivity contribution is 9.10. The van der Waals surface area contributed by atoms with Crippen molar-refractivity contribution >= 4 is 39.2 Å². The average molecular weight is 375 g/mol. The molecule has 0 saturated carbocycles. The number of nitro benzene ring substituents is 1. The van der Waals surface area contributed by atoms with Crippen LogP contribution in [0.2, 0.25) is 5.02 Å². The molecule has 2 aromatic carbocycles. The van der Waals surface area contributed by atoms with Crippen molar-refractivity contribution in [3.05, 3.63) is 67.4 Å². The van der Waals surface area contributed by atoms with Crippen LogP contribution in [0.5, 0.6) is 5.75 Å². The number of ether oxygens (including phenoxy) is 1. The van der Waals surface area contributed by atoms with Crippen LogP contribution >= 0.6 is 27.5 Å². The number of nitro groups is 1. The Morgan fingerprint density at radius 1 is 1.29 bits per heavy atom. The molecule has 8 heteroatoms. The van der Waals surface area contributed by atoms with E-state index in [0.717, 1.165) is 24.3 Å². The van der Waals surface area contributed by atoms with Crippen LogP contribution in [0.3, 0.4) is 0 Å². The van der Waals surface area contributed by atoms with E-state index in [1.54, 1.807) is 0 Å². The van der Waals surface area contributed by atoms with Gasteiger partial charge >= 0.3 is 5.97 Å². The van der Waals surface area contributed by atoms with E-state index < -0.39 is 16.7 Å². The zero-order chi connectivity index (χ0) is 15.6. The van der Waals surface area contributed by atoms with Gasteiger partial charge in [0.15, 0.2) is 11.6 Å². The molecule has 0 heterocycles. The molecule has 108 valence electrons. The summed E-state index contributed by atoms with van der Waals surface area (Å²) >= 11 is 8.87. The van der Waals surface area contributed by atoms with Gasteiger partial charge in [-0.25, -0.2) is 9.18 Å². The van der Waals surface area contributed by atoms with E-state index in [1.807, 2.05) is 0 Å². The molecule has 0 spiro atoms. The fourth-order valence-electron chi connectivity index (χ4n) is 1.50. The summed E-state index contributed by atoms with van der Waals surface area (Å²) in [6.07, 6.45) is 0. The minimum Gasteiger partial charge on any atom is -0.420 e. The van der Waals surface area contributed by atoms with E-state index in [-0.39, 0.29) is 22.0 Å². The van der Waals surface area contributed by atoms with Gasteiger partial charge in [0.05, 0.1) is 15.5 Å². The fourth-order valence-corrected chi connectivity index (χ4v) is 2.08. The zero-order valence-corrected chi connectivity index (χ0v) is 12.5. The second-order valence-corrected chi connectivity index (χ2v) is 5.21. The number of rotatable bonds is 3. The second-order valence-electron chi connectivity index (χ2n) is 3.89. The Morgan fingerprint density at radius 3 is 2.57 bits per heavy atom. The van der Waals surface area contributed by atoms with Crippen LogP contribution in [0.4, 0.5) is 10.1 Å². The predicted octanol–water partition coefficient (Wildman–Crippen LogP) is 4.37. The first-order chi connectivity index (χ1) is 9.88. The highest BCUT2D eigenvalue weighted by Gasteiger charge is 2.18. The Balaban J connectivity index is 2.26. The standard InChI is InChI=1S/C13H6BrClFNO4/c14-7-1-4-12(11(16)5-7)21-13(18)9-3-2-8(17(19)20)6-10(9)15/h1-6H. The van der Waals surface area contributed by atoms with Gasteiger partial charge in [-0.15, -0.1) is 0 Å². The molecule has 0 N–H and O–H groups in total. The third kappa shape index (κ3) is 3.56. The van der Waals surface area contributed by atoms with Crippen molar-refractivity contribution in [2.45, 2.75) is 0 Å². The first kappa shape index (κ1) is 15.4. The zero-order valence-electron chi connectivity index (χ0n) is 10.2. The minimum absolute atomic E-state index is 0.0930. The summed E-state index contributed by atoms with van der Waals surface area (Å²) in [5, 5.41) is 10.4. The van der Waals surface area contributed by atoms with Gasteiger partial charge in [-0.2, -0.15) is 0 Å². The molecule has 5 nitrogen and oxygen atoms in total. The highest BCUT2D eigenvalue weighted by atomic mass is 79.9. The van der Waals surface area contributed by atoms with Crippen molar-refractivity contribution in [3.63, 3.8) is 0 Å². The molecule has 21 heavy (non-hydrogen) atoms. The lowest BCUT2D eigenvalue weighted by atomic mass is 10.2. The molecule has 0 aliphatic carbocycles. The molecule has 0 aliphatic heterocycles. The van der Waals surface area contributed by atoms with Crippen LogP contribution in [0.25, 0.3) is 0 Å². The summed E-state index contributed by atoms with van der Waals surface area (Å²) in [5.41, 5.74) is -0.351. The molecule has 2 aromatic rings. The summed E-state index contributed by atoms with van der Waals surface area (Å²) < 4.78 is 18.9. The maximum atomic E-state index is 13.6. The normalized spacial score (nSPS) is 10.2. The van der Waals surface area contributed by atoms with Crippen molar-refractivity contribution in [1.29, 1.82) is 0 Å². The maximum Gasteiger partial charge on any atom is 0.345 e. The SMILES string of the molecule is O=C(Oc1ccc(Br)cc1F)c1ccc([N+](=O)[O-])cc1Cl. The Kier molecular flexibility index (Phi) is 4.54. The Bertz CT molecular complexity index is 738. The number of halogens is 3. The summed E-state index contributed by atoms with van der Waals surface area (Å²) in [5.74, 6) is -1.90. The van der Waals surface area contributed by atoms with Gasteiger partial charge in [0.1, 0.15) is 0 Å². The molecular weight excluding hydrogens is 369 g/mol. The number of esters is 1. The van der Waals surface area contributed by atoms with E-state index >= 15 is 0 Å². The highest BCUT2D eigenvalue weighted by Crippen LogP contribution is 2.26. The first-order valence-electron chi connectivity index (χ1n) is 5.49. The topological polar surface area (TPSA) is 69.4 Å². The molecule has 0 fully saturated rings. The number of nitrogens with zero attached hydrogens (tertiary/aromatic N) is 1. The van der Waals surface area contributed by atoms with Gasteiger partial charge in [0.2, 0.25) is 0 Å². The molecule has 0 saturated heterocycles. The van der Waals surface area contributed by atoms with Gasteiger partial charge < -0.3 is 4.74 Å². The molecular formula is C13H6BrClFNO4. The molecule has 0 aliphatic rings. The molecule has 0 atom stereocenters. The van der Waals surface area contributed by atoms with E-state index in [9.17, 15) is 19.3 Å². The number of hydrogen-bond donors (Lipinski definition) is 0. The van der Waals surface area contributed by atoms with Crippen LogP contribution in [0.1, 0.15) is 10.4 Å². The van der Waals surface area contributed by atoms with Gasteiger partial charge in [0, 0.05) is 16.6 Å². The molecule has 0 aromatic heterocycles. The Labute approximate surface area is 131 Å². The monoisotopic (exact) mass is 373 g/mol. The third-order valence-corrected chi connectivity index (χ3v) is 3.29. The van der Waals surface area contributed by atoms with Crippen LogP contribution in [0.15, 0.2) is 40.9 Å². The van der Waals surface area contributed by atoms with E-state index in [0.29, 0.717) is 4.47 Å². The summed E-state index contributed by atoms with van der Waals surface area (Å²) in [6.45, 7) is 0. The van der Waals surface area contributed by atoms with Gasteiger partial charge in [-0.1, -0.05) is 27.5 Å². The van der Waals surface area contributed by atoms with E-state index in [2.05, 4.69) is 15.9 Å². The van der Waals surface area contributed by atoms with Crippen molar-refractivity contribution in [1.82, 2.24) is 0 Å². The van der Waals surface area contributed by atoms with Crippen molar-refractivity contribution in [2.75, 3.05) is 0 Å². The number of benzene rings is 2. The van der Waals surface area contributed by atoms with E-state index in [4.69, 9.17) is 16.3 Å².